The summed E-state index contributed by atoms with van der Waals surface area (Å²) >= 11 is 0. The largest absolute Gasteiger partial charge is 0.373 e. The highest BCUT2D eigenvalue weighted by Gasteiger charge is 2.05. The molecule has 0 amide bonds. The van der Waals surface area contributed by atoms with Crippen LogP contribution in [0.5, 0.6) is 0 Å². The third-order valence-electron chi connectivity index (χ3n) is 5.98. The molecule has 0 saturated carbocycles. The molecule has 0 saturated heterocycles. The minimum atomic E-state index is 0. The molecular weight excluding hydrogens is 536 g/mol. The van der Waals surface area contributed by atoms with Gasteiger partial charge in [0, 0.05) is 17.7 Å². The first kappa shape index (κ1) is 33.8. The van der Waals surface area contributed by atoms with Crippen LogP contribution in [-0.4, -0.2) is 40.2 Å². The lowest BCUT2D eigenvalue weighted by atomic mass is 10.1. The molecule has 43 heavy (non-hydrogen) atoms. The summed E-state index contributed by atoms with van der Waals surface area (Å²) in [7, 11) is 3.45. The van der Waals surface area contributed by atoms with Crippen LogP contribution in [0.2, 0.25) is 0 Å². The number of imidazole rings is 2. The number of hydrogen-bond donors (Lipinski definition) is 4. The van der Waals surface area contributed by atoms with Gasteiger partial charge in [-0.05, 0) is 30.8 Å². The number of rotatable bonds is 6. The summed E-state index contributed by atoms with van der Waals surface area (Å²) in [4.78, 5) is 31.8. The zero-order valence-corrected chi connectivity index (χ0v) is 23.6. The van der Waals surface area contributed by atoms with E-state index in [-0.39, 0.29) is 13.6 Å². The molecule has 220 valence electrons. The summed E-state index contributed by atoms with van der Waals surface area (Å²) in [6.07, 6.45) is 4.01. The number of hydrogen-bond acceptors (Lipinski definition) is 6. The minimum Gasteiger partial charge on any atom is -0.338 e. The van der Waals surface area contributed by atoms with Crippen LogP contribution in [-0.2, 0) is 16.1 Å². The monoisotopic (exact) mass is 574 g/mol. The Morgan fingerprint density at radius 3 is 1.33 bits per heavy atom. The van der Waals surface area contributed by atoms with Gasteiger partial charge in [-0.25, -0.2) is 9.97 Å². The van der Waals surface area contributed by atoms with Gasteiger partial charge in [0.05, 0.1) is 23.8 Å². The zero-order chi connectivity index (χ0) is 30.0. The van der Waals surface area contributed by atoms with Gasteiger partial charge < -0.3 is 21.0 Å². The lowest BCUT2D eigenvalue weighted by Gasteiger charge is -2.02. The van der Waals surface area contributed by atoms with Crippen molar-refractivity contribution in [3.05, 3.63) is 133 Å². The van der Waals surface area contributed by atoms with E-state index in [9.17, 15) is 0 Å². The Balaban J connectivity index is 0.000000258. The topological polar surface area (TPSA) is 130 Å². The summed E-state index contributed by atoms with van der Waals surface area (Å²) in [5.74, 6) is 1.81. The third kappa shape index (κ3) is 10.2. The van der Waals surface area contributed by atoms with E-state index < -0.39 is 0 Å². The minimum absolute atomic E-state index is 0. The van der Waals surface area contributed by atoms with Gasteiger partial charge in [0.15, 0.2) is 0 Å². The first-order valence-electron chi connectivity index (χ1n) is 13.3. The molecule has 8 heteroatoms. The predicted octanol–water partition coefficient (Wildman–Crippen LogP) is 6.83. The average Bonchev–Trinajstić information content (AvgIpc) is 3.76. The molecule has 6 aromatic rings. The second-order valence-electron chi connectivity index (χ2n) is 8.70. The molecule has 0 unspecified atom stereocenters. The van der Waals surface area contributed by atoms with Gasteiger partial charge in [-0.2, -0.15) is 9.59 Å². The summed E-state index contributed by atoms with van der Waals surface area (Å²) < 4.78 is 0. The molecule has 5 N–H and O–H groups in total. The Kier molecular flexibility index (Phi) is 14.8. The molecule has 4 aromatic carbocycles. The summed E-state index contributed by atoms with van der Waals surface area (Å²) in [5.41, 5.74) is 12.4. The second kappa shape index (κ2) is 18.9. The van der Waals surface area contributed by atoms with Gasteiger partial charge >= 0.3 is 6.15 Å². The van der Waals surface area contributed by atoms with Crippen LogP contribution < -0.4 is 11.1 Å². The normalized spacial score (nSPS) is 9.37. The molecule has 0 spiro atoms. The fourth-order valence-corrected chi connectivity index (χ4v) is 4.05. The molecule has 0 radical (unpaired) electrons. The van der Waals surface area contributed by atoms with Crippen molar-refractivity contribution in [3.63, 3.8) is 0 Å². The standard InChI is InChI=1S/C17H17N3.C15H12N2.CH5N.CO2.CH4/c1-18-11-13-7-9-14(10-8-13)16-12-19-17(20-16)15-5-3-2-4-6-15;1-3-7-12(8-4-1)14-11-16-15(17-14)13-9-5-2-6-10-13;1-2;2-1-3;/h2-10,12,18H,11H2,1H3,(H,19,20);1-11H,(H,16,17);2H2,1H3;;1H4. The molecule has 0 bridgehead atoms. The van der Waals surface area contributed by atoms with Gasteiger partial charge in [0.25, 0.3) is 0 Å². The van der Waals surface area contributed by atoms with Crippen LogP contribution in [0.3, 0.4) is 0 Å². The smallest absolute Gasteiger partial charge is 0.338 e. The van der Waals surface area contributed by atoms with Gasteiger partial charge in [-0.3, -0.25) is 0 Å². The maximum atomic E-state index is 8.12. The number of carbonyl (C=O) groups excluding carboxylic acids is 2. The van der Waals surface area contributed by atoms with Crippen molar-refractivity contribution in [3.8, 4) is 45.3 Å². The molecule has 8 nitrogen and oxygen atoms in total. The van der Waals surface area contributed by atoms with Crippen LogP contribution >= 0.6 is 0 Å². The van der Waals surface area contributed by atoms with Crippen molar-refractivity contribution in [2.24, 2.45) is 5.73 Å². The molecule has 0 atom stereocenters. The van der Waals surface area contributed by atoms with Crippen LogP contribution in [0.25, 0.3) is 45.3 Å². The number of benzene rings is 4. The summed E-state index contributed by atoms with van der Waals surface area (Å²) in [6, 6.07) is 39.0. The van der Waals surface area contributed by atoms with Gasteiger partial charge in [-0.15, -0.1) is 0 Å². The van der Waals surface area contributed by atoms with Gasteiger partial charge in [0.2, 0.25) is 0 Å². The highest BCUT2D eigenvalue weighted by atomic mass is 16.2. The van der Waals surface area contributed by atoms with E-state index in [1.165, 1.54) is 12.6 Å². The first-order valence-corrected chi connectivity index (χ1v) is 13.3. The predicted molar refractivity (Wildman–Crippen MR) is 174 cm³/mol. The molecule has 2 aromatic heterocycles. The number of nitrogens with one attached hydrogen (secondary N) is 3. The zero-order valence-electron chi connectivity index (χ0n) is 23.6. The van der Waals surface area contributed by atoms with Crippen molar-refractivity contribution in [1.82, 2.24) is 25.3 Å². The van der Waals surface area contributed by atoms with Crippen molar-refractivity contribution in [2.75, 3.05) is 14.1 Å². The fourth-order valence-electron chi connectivity index (χ4n) is 4.05. The van der Waals surface area contributed by atoms with Crippen molar-refractivity contribution >= 4 is 6.15 Å². The number of aromatic nitrogens is 4. The molecule has 0 aliphatic carbocycles. The Morgan fingerprint density at radius 1 is 0.605 bits per heavy atom. The van der Waals surface area contributed by atoms with E-state index in [0.29, 0.717) is 0 Å². The average molecular weight is 575 g/mol. The van der Waals surface area contributed by atoms with Gasteiger partial charge in [0.1, 0.15) is 11.6 Å². The molecule has 2 heterocycles. The van der Waals surface area contributed by atoms with E-state index in [0.717, 1.165) is 51.8 Å². The van der Waals surface area contributed by atoms with Gasteiger partial charge in [-0.1, -0.05) is 123 Å². The first-order chi connectivity index (χ1) is 20.7. The van der Waals surface area contributed by atoms with E-state index in [1.54, 1.807) is 0 Å². The van der Waals surface area contributed by atoms with Crippen molar-refractivity contribution in [1.29, 1.82) is 0 Å². The molecule has 6 rings (SSSR count). The Labute approximate surface area is 253 Å². The van der Waals surface area contributed by atoms with E-state index >= 15 is 0 Å². The third-order valence-corrected chi connectivity index (χ3v) is 5.98. The number of nitrogens with zero attached hydrogens (tertiary/aromatic N) is 2. The molecule has 0 aliphatic heterocycles. The second-order valence-corrected chi connectivity index (χ2v) is 8.70. The van der Waals surface area contributed by atoms with E-state index in [4.69, 9.17) is 9.59 Å². The van der Waals surface area contributed by atoms with Crippen LogP contribution in [0, 0.1) is 0 Å². The fraction of sp³-hybridized carbons (Fsp3) is 0.114. The van der Waals surface area contributed by atoms with Crippen molar-refractivity contribution in [2.45, 2.75) is 14.0 Å². The summed E-state index contributed by atoms with van der Waals surface area (Å²) in [6.45, 7) is 0.887. The molecule has 0 fully saturated rings. The molecule has 0 aliphatic rings. The SMILES string of the molecule is C.CN.CNCc1ccc(-c2cnc(-c3ccccc3)[nH]2)cc1.O=C=O.c1ccc(-c2cnc(-c3ccccc3)[nH]2)cc1. The van der Waals surface area contributed by atoms with Crippen LogP contribution in [0.4, 0.5) is 0 Å². The lowest BCUT2D eigenvalue weighted by molar-refractivity contribution is -0.191. The van der Waals surface area contributed by atoms with E-state index in [1.807, 2.05) is 86.2 Å². The molecular formula is C35H38N6O2. The number of H-pyrrole nitrogens is 2. The lowest BCUT2D eigenvalue weighted by Crippen LogP contribution is -2.04. The van der Waals surface area contributed by atoms with Crippen LogP contribution in [0.15, 0.2) is 128 Å². The Morgan fingerprint density at radius 2 is 0.953 bits per heavy atom. The van der Waals surface area contributed by atoms with E-state index in [2.05, 4.69) is 79.5 Å². The maximum Gasteiger partial charge on any atom is 0.373 e. The highest BCUT2D eigenvalue weighted by Crippen LogP contribution is 2.23. The number of aromatic amines is 2. The quantitative estimate of drug-likeness (QED) is 0.172. The Hall–Kier alpha value is -5.40. The Bertz CT molecular complexity index is 1550. The highest BCUT2D eigenvalue weighted by molar-refractivity contribution is 5.65. The number of nitrogens with two attached hydrogens (primary N) is 1. The van der Waals surface area contributed by atoms with Crippen LogP contribution in [0.1, 0.15) is 13.0 Å². The summed E-state index contributed by atoms with van der Waals surface area (Å²) in [5, 5.41) is 3.15. The van der Waals surface area contributed by atoms with Crippen molar-refractivity contribution < 1.29 is 9.59 Å². The maximum absolute atomic E-state index is 8.12.